The van der Waals surface area contributed by atoms with Gasteiger partial charge in [-0.1, -0.05) is 0 Å². The molecule has 1 aromatic carbocycles. The lowest BCUT2D eigenvalue weighted by atomic mass is 10.2. The van der Waals surface area contributed by atoms with E-state index in [-0.39, 0.29) is 17.6 Å². The molecule has 1 rings (SSSR count). The largest absolute Gasteiger partial charge is 0.495 e. The van der Waals surface area contributed by atoms with Gasteiger partial charge in [0.25, 0.3) is 0 Å². The molecular formula is C13H18N2O4. The number of nitrogens with zero attached hydrogens (tertiary/aromatic N) is 1. The number of carboxylic acid groups (broad SMARTS) is 1. The van der Waals surface area contributed by atoms with Crippen molar-refractivity contribution in [3.05, 3.63) is 23.8 Å². The van der Waals surface area contributed by atoms with Gasteiger partial charge >= 0.3 is 12.0 Å². The molecular weight excluding hydrogens is 248 g/mol. The molecule has 0 aliphatic rings. The normalized spacial score (nSPS) is 10.2. The third kappa shape index (κ3) is 3.61. The van der Waals surface area contributed by atoms with Gasteiger partial charge in [-0.15, -0.1) is 0 Å². The quantitative estimate of drug-likeness (QED) is 0.876. The van der Waals surface area contributed by atoms with E-state index in [2.05, 4.69) is 5.32 Å². The minimum Gasteiger partial charge on any atom is -0.495 e. The predicted molar refractivity (Wildman–Crippen MR) is 71.9 cm³/mol. The van der Waals surface area contributed by atoms with Crippen LogP contribution in [-0.4, -0.2) is 42.2 Å². The summed E-state index contributed by atoms with van der Waals surface area (Å²) in [6, 6.07) is 4.01. The summed E-state index contributed by atoms with van der Waals surface area (Å²) in [6.45, 7) is 3.76. The van der Waals surface area contributed by atoms with Crippen LogP contribution < -0.4 is 10.1 Å². The Bertz CT molecular complexity index is 486. The summed E-state index contributed by atoms with van der Waals surface area (Å²) in [4.78, 5) is 24.3. The molecule has 6 nitrogen and oxygen atoms in total. The average molecular weight is 266 g/mol. The zero-order valence-electron chi connectivity index (χ0n) is 11.4. The molecule has 0 fully saturated rings. The molecule has 0 saturated heterocycles. The molecule has 0 unspecified atom stereocenters. The number of carboxylic acids is 1. The van der Waals surface area contributed by atoms with Crippen LogP contribution in [0.3, 0.4) is 0 Å². The summed E-state index contributed by atoms with van der Waals surface area (Å²) >= 11 is 0. The maximum atomic E-state index is 11.9. The monoisotopic (exact) mass is 266 g/mol. The number of rotatable bonds is 4. The molecule has 0 spiro atoms. The highest BCUT2D eigenvalue weighted by Gasteiger charge is 2.15. The minimum atomic E-state index is -1.06. The SMILES string of the molecule is COc1ccc(C(=O)O)cc1NC(=O)N(C)C(C)C. The molecule has 0 saturated carbocycles. The summed E-state index contributed by atoms with van der Waals surface area (Å²) in [5, 5.41) is 11.6. The number of methoxy groups -OCH3 is 1. The molecule has 0 aliphatic heterocycles. The van der Waals surface area contributed by atoms with Crippen LogP contribution in [0.1, 0.15) is 24.2 Å². The predicted octanol–water partition coefficient (Wildman–Crippen LogP) is 2.27. The van der Waals surface area contributed by atoms with Gasteiger partial charge < -0.3 is 20.1 Å². The topological polar surface area (TPSA) is 78.9 Å². The van der Waals surface area contributed by atoms with Gasteiger partial charge in [0, 0.05) is 13.1 Å². The first-order chi connectivity index (χ1) is 8.86. The number of hydrogen-bond acceptors (Lipinski definition) is 3. The van der Waals surface area contributed by atoms with Gasteiger partial charge in [0.15, 0.2) is 0 Å². The van der Waals surface area contributed by atoms with Crippen molar-refractivity contribution in [2.24, 2.45) is 0 Å². The third-order valence-electron chi connectivity index (χ3n) is 2.78. The van der Waals surface area contributed by atoms with Crippen molar-refractivity contribution in [1.29, 1.82) is 0 Å². The molecule has 0 radical (unpaired) electrons. The number of ether oxygens (including phenoxy) is 1. The van der Waals surface area contributed by atoms with Crippen LogP contribution in [0, 0.1) is 0 Å². The van der Waals surface area contributed by atoms with Gasteiger partial charge in [0.2, 0.25) is 0 Å². The lowest BCUT2D eigenvalue weighted by Gasteiger charge is -2.22. The van der Waals surface area contributed by atoms with E-state index in [1.165, 1.54) is 30.2 Å². The van der Waals surface area contributed by atoms with Gasteiger partial charge in [-0.25, -0.2) is 9.59 Å². The zero-order valence-corrected chi connectivity index (χ0v) is 11.4. The number of benzene rings is 1. The minimum absolute atomic E-state index is 0.0358. The van der Waals surface area contributed by atoms with Crippen LogP contribution in [0.5, 0.6) is 5.75 Å². The van der Waals surface area contributed by atoms with E-state index >= 15 is 0 Å². The Labute approximate surface area is 112 Å². The molecule has 19 heavy (non-hydrogen) atoms. The van der Waals surface area contributed by atoms with E-state index in [4.69, 9.17) is 9.84 Å². The van der Waals surface area contributed by atoms with Crippen molar-refractivity contribution >= 4 is 17.7 Å². The second-order valence-corrected chi connectivity index (χ2v) is 4.36. The molecule has 0 aliphatic carbocycles. The number of anilines is 1. The Kier molecular flexibility index (Phi) is 4.74. The Balaban J connectivity index is 3.01. The highest BCUT2D eigenvalue weighted by Crippen LogP contribution is 2.25. The lowest BCUT2D eigenvalue weighted by Crippen LogP contribution is -2.36. The van der Waals surface area contributed by atoms with Gasteiger partial charge in [-0.2, -0.15) is 0 Å². The van der Waals surface area contributed by atoms with E-state index in [1.54, 1.807) is 7.05 Å². The van der Waals surface area contributed by atoms with Gasteiger partial charge in [0.05, 0.1) is 18.4 Å². The number of carbonyl (C=O) groups excluding carboxylic acids is 1. The third-order valence-corrected chi connectivity index (χ3v) is 2.78. The van der Waals surface area contributed by atoms with Crippen molar-refractivity contribution in [3.8, 4) is 5.75 Å². The molecule has 104 valence electrons. The van der Waals surface area contributed by atoms with Crippen molar-refractivity contribution in [1.82, 2.24) is 4.90 Å². The Morgan fingerprint density at radius 3 is 2.47 bits per heavy atom. The molecule has 2 amide bonds. The molecule has 0 aromatic heterocycles. The lowest BCUT2D eigenvalue weighted by molar-refractivity contribution is 0.0697. The Morgan fingerprint density at radius 2 is 2.00 bits per heavy atom. The van der Waals surface area contributed by atoms with Crippen LogP contribution in [0.15, 0.2) is 18.2 Å². The molecule has 0 bridgehead atoms. The summed E-state index contributed by atoms with van der Waals surface area (Å²) in [5.41, 5.74) is 0.420. The summed E-state index contributed by atoms with van der Waals surface area (Å²) < 4.78 is 5.09. The number of amides is 2. The van der Waals surface area contributed by atoms with Crippen LogP contribution in [-0.2, 0) is 0 Å². The number of aromatic carboxylic acids is 1. The standard InChI is InChI=1S/C13H18N2O4/c1-8(2)15(3)13(18)14-10-7-9(12(16)17)5-6-11(10)19-4/h5-8H,1-4H3,(H,14,18)(H,16,17). The number of carbonyl (C=O) groups is 2. The van der Waals surface area contributed by atoms with E-state index < -0.39 is 5.97 Å². The molecule has 0 atom stereocenters. The van der Waals surface area contributed by atoms with Crippen molar-refractivity contribution < 1.29 is 19.4 Å². The fraction of sp³-hybridized carbons (Fsp3) is 0.385. The van der Waals surface area contributed by atoms with Crippen molar-refractivity contribution in [2.45, 2.75) is 19.9 Å². The maximum absolute atomic E-state index is 11.9. The second kappa shape index (κ2) is 6.08. The Hall–Kier alpha value is -2.24. The fourth-order valence-corrected chi connectivity index (χ4v) is 1.38. The van der Waals surface area contributed by atoms with Crippen LogP contribution in [0.25, 0.3) is 0 Å². The van der Waals surface area contributed by atoms with Crippen molar-refractivity contribution in [2.75, 3.05) is 19.5 Å². The highest BCUT2D eigenvalue weighted by molar-refractivity contribution is 5.94. The van der Waals surface area contributed by atoms with Gasteiger partial charge in [0.1, 0.15) is 5.75 Å². The highest BCUT2D eigenvalue weighted by atomic mass is 16.5. The Morgan fingerprint density at radius 1 is 1.37 bits per heavy atom. The van der Waals surface area contributed by atoms with Gasteiger partial charge in [-0.05, 0) is 32.0 Å². The van der Waals surface area contributed by atoms with Crippen LogP contribution >= 0.6 is 0 Å². The maximum Gasteiger partial charge on any atom is 0.335 e. The number of urea groups is 1. The zero-order chi connectivity index (χ0) is 14.6. The molecule has 1 aromatic rings. The first-order valence-corrected chi connectivity index (χ1v) is 5.82. The van der Waals surface area contributed by atoms with Crippen LogP contribution in [0.4, 0.5) is 10.5 Å². The first-order valence-electron chi connectivity index (χ1n) is 5.82. The summed E-state index contributed by atoms with van der Waals surface area (Å²) in [6.07, 6.45) is 0. The second-order valence-electron chi connectivity index (χ2n) is 4.36. The van der Waals surface area contributed by atoms with Crippen LogP contribution in [0.2, 0.25) is 0 Å². The van der Waals surface area contributed by atoms with E-state index in [9.17, 15) is 9.59 Å². The first kappa shape index (κ1) is 14.8. The number of nitrogens with one attached hydrogen (secondary N) is 1. The summed E-state index contributed by atoms with van der Waals surface area (Å²) in [7, 11) is 3.12. The molecule has 2 N–H and O–H groups in total. The number of hydrogen-bond donors (Lipinski definition) is 2. The van der Waals surface area contributed by atoms with E-state index in [0.717, 1.165) is 0 Å². The smallest absolute Gasteiger partial charge is 0.335 e. The molecule has 0 heterocycles. The van der Waals surface area contributed by atoms with E-state index in [1.807, 2.05) is 13.8 Å². The fourth-order valence-electron chi connectivity index (χ4n) is 1.38. The van der Waals surface area contributed by atoms with E-state index in [0.29, 0.717) is 11.4 Å². The average Bonchev–Trinajstić information content (AvgIpc) is 2.37. The van der Waals surface area contributed by atoms with Gasteiger partial charge in [-0.3, -0.25) is 0 Å². The molecule has 6 heteroatoms. The van der Waals surface area contributed by atoms with Crippen molar-refractivity contribution in [3.63, 3.8) is 0 Å². The summed E-state index contributed by atoms with van der Waals surface area (Å²) in [5.74, 6) is -0.647.